The van der Waals surface area contributed by atoms with Crippen LogP contribution < -0.4 is 10.6 Å². The van der Waals surface area contributed by atoms with Crippen molar-refractivity contribution in [3.63, 3.8) is 0 Å². The lowest BCUT2D eigenvalue weighted by Gasteiger charge is -2.11. The van der Waals surface area contributed by atoms with Crippen LogP contribution in [0.25, 0.3) is 0 Å². The van der Waals surface area contributed by atoms with E-state index in [1.54, 1.807) is 13.2 Å². The zero-order valence-electron chi connectivity index (χ0n) is 10.5. The van der Waals surface area contributed by atoms with Gasteiger partial charge >= 0.3 is 0 Å². The molecule has 6 heteroatoms. The minimum atomic E-state index is 0. The molecule has 1 fully saturated rings. The summed E-state index contributed by atoms with van der Waals surface area (Å²) in [5.74, 6) is 1.64. The summed E-state index contributed by atoms with van der Waals surface area (Å²) in [5.41, 5.74) is 1.15. The van der Waals surface area contributed by atoms with E-state index in [4.69, 9.17) is 0 Å². The van der Waals surface area contributed by atoms with Gasteiger partial charge in [-0.15, -0.1) is 24.0 Å². The first kappa shape index (κ1) is 14.3. The second-order valence-corrected chi connectivity index (χ2v) is 4.34. The highest BCUT2D eigenvalue weighted by Crippen LogP contribution is 2.28. The summed E-state index contributed by atoms with van der Waals surface area (Å²) >= 11 is 0. The lowest BCUT2D eigenvalue weighted by Crippen LogP contribution is -2.38. The molecule has 1 aliphatic rings. The molecule has 0 spiro atoms. The smallest absolute Gasteiger partial charge is 0.191 e. The first-order valence-electron chi connectivity index (χ1n) is 5.64. The average molecular weight is 349 g/mol. The lowest BCUT2D eigenvalue weighted by molar-refractivity contribution is 0.681. The highest BCUT2D eigenvalue weighted by Gasteiger charge is 2.33. The Morgan fingerprint density at radius 1 is 1.65 bits per heavy atom. The molecule has 0 radical (unpaired) electrons. The van der Waals surface area contributed by atoms with E-state index in [0.29, 0.717) is 6.04 Å². The molecule has 0 aromatic carbocycles. The molecule has 2 unspecified atom stereocenters. The van der Waals surface area contributed by atoms with Gasteiger partial charge in [-0.1, -0.05) is 6.92 Å². The van der Waals surface area contributed by atoms with Crippen LogP contribution >= 0.6 is 24.0 Å². The molecule has 0 bridgehead atoms. The molecule has 1 aromatic rings. The Bertz CT molecular complexity index is 387. The number of aromatic nitrogens is 2. The van der Waals surface area contributed by atoms with Crippen LogP contribution in [0.4, 0.5) is 0 Å². The third-order valence-corrected chi connectivity index (χ3v) is 3.01. The fourth-order valence-electron chi connectivity index (χ4n) is 1.64. The second-order valence-electron chi connectivity index (χ2n) is 4.34. The van der Waals surface area contributed by atoms with Crippen molar-refractivity contribution in [2.75, 3.05) is 7.05 Å². The van der Waals surface area contributed by atoms with E-state index in [1.165, 1.54) is 6.42 Å². The van der Waals surface area contributed by atoms with Crippen molar-refractivity contribution in [1.29, 1.82) is 0 Å². The van der Waals surface area contributed by atoms with Crippen LogP contribution in [0.5, 0.6) is 0 Å². The summed E-state index contributed by atoms with van der Waals surface area (Å²) in [6.45, 7) is 2.99. The molecule has 0 saturated heterocycles. The van der Waals surface area contributed by atoms with Crippen LogP contribution in [0.3, 0.4) is 0 Å². The Hall–Kier alpha value is -0.790. The largest absolute Gasteiger partial charge is 0.353 e. The number of aliphatic imine (C=N–C) groups is 1. The molecule has 0 aliphatic heterocycles. The molecule has 1 saturated carbocycles. The number of hydrogen-bond acceptors (Lipinski definition) is 2. The van der Waals surface area contributed by atoms with E-state index in [2.05, 4.69) is 27.6 Å². The van der Waals surface area contributed by atoms with Gasteiger partial charge in [0.2, 0.25) is 0 Å². The Labute approximate surface area is 119 Å². The molecule has 5 nitrogen and oxygen atoms in total. The fourth-order valence-corrected chi connectivity index (χ4v) is 1.64. The van der Waals surface area contributed by atoms with Crippen molar-refractivity contribution < 1.29 is 0 Å². The number of aryl methyl sites for hydroxylation is 1. The van der Waals surface area contributed by atoms with Crippen LogP contribution in [0.15, 0.2) is 17.3 Å². The molecule has 2 atom stereocenters. The maximum absolute atomic E-state index is 4.20. The molecule has 17 heavy (non-hydrogen) atoms. The molecule has 1 heterocycles. The monoisotopic (exact) mass is 349 g/mol. The van der Waals surface area contributed by atoms with E-state index in [1.807, 2.05) is 17.8 Å². The third-order valence-electron chi connectivity index (χ3n) is 3.01. The van der Waals surface area contributed by atoms with E-state index < -0.39 is 0 Å². The molecule has 1 aliphatic carbocycles. The number of guanidine groups is 1. The SMILES string of the molecule is CN=C(NCc1ccnn1C)NC1CC1C.I. The Kier molecular flexibility index (Phi) is 5.23. The van der Waals surface area contributed by atoms with E-state index in [-0.39, 0.29) is 24.0 Å². The predicted octanol–water partition coefficient (Wildman–Crippen LogP) is 1.11. The van der Waals surface area contributed by atoms with Crippen LogP contribution in [-0.4, -0.2) is 28.8 Å². The highest BCUT2D eigenvalue weighted by atomic mass is 127. The third kappa shape index (κ3) is 3.86. The van der Waals surface area contributed by atoms with E-state index in [9.17, 15) is 0 Å². The molecule has 2 rings (SSSR count). The predicted molar refractivity (Wildman–Crippen MR) is 79.5 cm³/mol. The minimum Gasteiger partial charge on any atom is -0.353 e. The van der Waals surface area contributed by atoms with Crippen molar-refractivity contribution in [3.8, 4) is 0 Å². The van der Waals surface area contributed by atoms with Gasteiger partial charge in [0.05, 0.1) is 12.2 Å². The zero-order valence-corrected chi connectivity index (χ0v) is 12.8. The van der Waals surface area contributed by atoms with Gasteiger partial charge in [0, 0.05) is 26.3 Å². The maximum Gasteiger partial charge on any atom is 0.191 e. The number of nitrogens with one attached hydrogen (secondary N) is 2. The van der Waals surface area contributed by atoms with E-state index in [0.717, 1.165) is 24.1 Å². The number of rotatable bonds is 3. The molecular formula is C11H20IN5. The van der Waals surface area contributed by atoms with Gasteiger partial charge in [0.25, 0.3) is 0 Å². The van der Waals surface area contributed by atoms with E-state index >= 15 is 0 Å². The van der Waals surface area contributed by atoms with Gasteiger partial charge in [-0.05, 0) is 18.4 Å². The molecule has 0 amide bonds. The summed E-state index contributed by atoms with van der Waals surface area (Å²) in [4.78, 5) is 4.20. The lowest BCUT2D eigenvalue weighted by atomic mass is 10.4. The van der Waals surface area contributed by atoms with Gasteiger partial charge < -0.3 is 10.6 Å². The molecular weight excluding hydrogens is 329 g/mol. The van der Waals surface area contributed by atoms with Gasteiger partial charge in [-0.3, -0.25) is 9.67 Å². The topological polar surface area (TPSA) is 54.2 Å². The molecule has 1 aromatic heterocycles. The Morgan fingerprint density at radius 3 is 2.82 bits per heavy atom. The highest BCUT2D eigenvalue weighted by molar-refractivity contribution is 14.0. The van der Waals surface area contributed by atoms with Crippen LogP contribution in [0, 0.1) is 5.92 Å². The fraction of sp³-hybridized carbons (Fsp3) is 0.636. The second kappa shape index (κ2) is 6.23. The Balaban J connectivity index is 0.00000144. The first-order valence-corrected chi connectivity index (χ1v) is 5.64. The number of hydrogen-bond donors (Lipinski definition) is 2. The molecule has 2 N–H and O–H groups in total. The zero-order chi connectivity index (χ0) is 11.5. The minimum absolute atomic E-state index is 0. The van der Waals surface area contributed by atoms with Crippen molar-refractivity contribution in [1.82, 2.24) is 20.4 Å². The normalized spacial score (nSPS) is 22.9. The summed E-state index contributed by atoms with van der Waals surface area (Å²) in [5, 5.41) is 10.8. The first-order chi connectivity index (χ1) is 7.70. The van der Waals surface area contributed by atoms with Gasteiger partial charge in [-0.25, -0.2) is 0 Å². The number of nitrogens with zero attached hydrogens (tertiary/aromatic N) is 3. The van der Waals surface area contributed by atoms with Crippen LogP contribution in [0.2, 0.25) is 0 Å². The quantitative estimate of drug-likeness (QED) is 0.488. The standard InChI is InChI=1S/C11H19N5.HI/c1-8-6-10(8)15-11(12-2)13-7-9-4-5-14-16(9)3;/h4-5,8,10H,6-7H2,1-3H3,(H2,12,13,15);1H. The van der Waals surface area contributed by atoms with Crippen LogP contribution in [-0.2, 0) is 13.6 Å². The summed E-state index contributed by atoms with van der Waals surface area (Å²) in [6, 6.07) is 2.60. The average Bonchev–Trinajstić information content (AvgIpc) is 2.79. The Morgan fingerprint density at radius 2 is 2.35 bits per heavy atom. The van der Waals surface area contributed by atoms with Crippen LogP contribution in [0.1, 0.15) is 19.0 Å². The molecule has 96 valence electrons. The van der Waals surface area contributed by atoms with Crippen molar-refractivity contribution in [2.45, 2.75) is 25.9 Å². The summed E-state index contributed by atoms with van der Waals surface area (Å²) in [6.07, 6.45) is 3.04. The van der Waals surface area contributed by atoms with Crippen molar-refractivity contribution in [3.05, 3.63) is 18.0 Å². The van der Waals surface area contributed by atoms with Crippen molar-refractivity contribution in [2.24, 2.45) is 18.0 Å². The number of halogens is 1. The van der Waals surface area contributed by atoms with Gasteiger partial charge in [0.15, 0.2) is 5.96 Å². The summed E-state index contributed by atoms with van der Waals surface area (Å²) < 4.78 is 1.86. The maximum atomic E-state index is 4.20. The van der Waals surface area contributed by atoms with Gasteiger partial charge in [0.1, 0.15) is 0 Å². The van der Waals surface area contributed by atoms with Gasteiger partial charge in [-0.2, -0.15) is 5.10 Å². The summed E-state index contributed by atoms with van der Waals surface area (Å²) in [7, 11) is 3.74. The van der Waals surface area contributed by atoms with Crippen molar-refractivity contribution >= 4 is 29.9 Å².